The molecule has 6 heteroatoms. The van der Waals surface area contributed by atoms with E-state index in [1.807, 2.05) is 5.51 Å². The van der Waals surface area contributed by atoms with E-state index in [0.29, 0.717) is 6.61 Å². The minimum Gasteiger partial charge on any atom is -0.356 e. The fourth-order valence-corrected chi connectivity index (χ4v) is 3.98. The molecule has 1 N–H and O–H groups in total. The molecular formula is C11H12N2OS3. The average Bonchev–Trinajstić information content (AvgIpc) is 2.87. The molecule has 1 saturated heterocycles. The number of rotatable bonds is 2. The lowest BCUT2D eigenvalue weighted by atomic mass is 10.1. The van der Waals surface area contributed by atoms with E-state index in [9.17, 15) is 0 Å². The first-order chi connectivity index (χ1) is 8.36. The molecule has 0 aliphatic carbocycles. The Morgan fingerprint density at radius 3 is 3.24 bits per heavy atom. The Morgan fingerprint density at radius 1 is 1.53 bits per heavy atom. The van der Waals surface area contributed by atoms with Gasteiger partial charge >= 0.3 is 0 Å². The second kappa shape index (κ2) is 4.78. The number of thiazole rings is 1. The molecule has 1 unspecified atom stereocenters. The van der Waals surface area contributed by atoms with Crippen molar-refractivity contribution in [3.63, 3.8) is 0 Å². The predicted octanol–water partition coefficient (Wildman–Crippen LogP) is 2.65. The molecule has 0 bridgehead atoms. The maximum Gasteiger partial charge on any atom is 0.163 e. The molecule has 0 radical (unpaired) electrons. The number of thiol groups is 1. The van der Waals surface area contributed by atoms with E-state index < -0.39 is 4.93 Å². The number of fused-ring (bicyclic) bond motifs is 1. The zero-order chi connectivity index (χ0) is 11.7. The molecule has 1 aromatic carbocycles. The summed E-state index contributed by atoms with van der Waals surface area (Å²) in [6.45, 7) is 2.36. The monoisotopic (exact) mass is 284 g/mol. The van der Waals surface area contributed by atoms with Gasteiger partial charge in [0.25, 0.3) is 0 Å². The average molecular weight is 284 g/mol. The molecule has 1 aliphatic rings. The summed E-state index contributed by atoms with van der Waals surface area (Å²) >= 11 is 6.05. The van der Waals surface area contributed by atoms with Gasteiger partial charge in [0.15, 0.2) is 4.93 Å². The Hall–Kier alpha value is -0.270. The zero-order valence-electron chi connectivity index (χ0n) is 9.05. The van der Waals surface area contributed by atoms with Crippen LogP contribution in [0.1, 0.15) is 5.56 Å². The van der Waals surface area contributed by atoms with Crippen LogP contribution in [0.15, 0.2) is 23.7 Å². The van der Waals surface area contributed by atoms with Gasteiger partial charge in [0.2, 0.25) is 0 Å². The van der Waals surface area contributed by atoms with Crippen LogP contribution in [0, 0.1) is 0 Å². The minimum absolute atomic E-state index is 0.422. The molecule has 3 nitrogen and oxygen atoms in total. The highest BCUT2D eigenvalue weighted by Crippen LogP contribution is 2.43. The van der Waals surface area contributed by atoms with Gasteiger partial charge in [0, 0.05) is 18.7 Å². The summed E-state index contributed by atoms with van der Waals surface area (Å²) in [5, 5.41) is 3.36. The van der Waals surface area contributed by atoms with Crippen molar-refractivity contribution >= 4 is 44.0 Å². The third-order valence-electron chi connectivity index (χ3n) is 2.89. The van der Waals surface area contributed by atoms with Crippen molar-refractivity contribution in [1.82, 2.24) is 10.3 Å². The molecule has 1 atom stereocenters. The number of benzene rings is 1. The normalized spacial score (nSPS) is 25.2. The van der Waals surface area contributed by atoms with Gasteiger partial charge < -0.3 is 10.1 Å². The number of hydrogen-bond acceptors (Lipinski definition) is 6. The van der Waals surface area contributed by atoms with Crippen molar-refractivity contribution in [2.45, 2.75) is 4.93 Å². The molecule has 0 amide bonds. The highest BCUT2D eigenvalue weighted by molar-refractivity contribution is 8.68. The lowest BCUT2D eigenvalue weighted by Crippen LogP contribution is -2.44. The van der Waals surface area contributed by atoms with E-state index in [1.54, 1.807) is 11.3 Å². The Morgan fingerprint density at radius 2 is 2.47 bits per heavy atom. The molecule has 1 aliphatic heterocycles. The van der Waals surface area contributed by atoms with Gasteiger partial charge in [-0.3, -0.25) is 0 Å². The van der Waals surface area contributed by atoms with Crippen molar-refractivity contribution in [2.24, 2.45) is 0 Å². The van der Waals surface area contributed by atoms with E-state index in [2.05, 4.69) is 40.2 Å². The summed E-state index contributed by atoms with van der Waals surface area (Å²) in [6, 6.07) is 6.22. The minimum atomic E-state index is -0.422. The second-order valence-corrected chi connectivity index (χ2v) is 6.15. The Labute approximate surface area is 113 Å². The maximum absolute atomic E-state index is 5.97. The van der Waals surface area contributed by atoms with Gasteiger partial charge in [0.05, 0.1) is 22.3 Å². The molecule has 2 heterocycles. The van der Waals surface area contributed by atoms with E-state index >= 15 is 0 Å². The Kier molecular flexibility index (Phi) is 3.32. The van der Waals surface area contributed by atoms with Gasteiger partial charge in [0.1, 0.15) is 0 Å². The summed E-state index contributed by atoms with van der Waals surface area (Å²) in [7, 11) is 1.44. The third-order valence-corrected chi connectivity index (χ3v) is 5.35. The number of hydrogen-bond donors (Lipinski definition) is 2. The molecule has 0 saturated carbocycles. The van der Waals surface area contributed by atoms with Crippen molar-refractivity contribution < 1.29 is 4.74 Å². The zero-order valence-corrected chi connectivity index (χ0v) is 11.6. The summed E-state index contributed by atoms with van der Waals surface area (Å²) in [5.74, 6) is 0. The number of aromatic nitrogens is 1. The van der Waals surface area contributed by atoms with Crippen LogP contribution < -0.4 is 5.32 Å². The van der Waals surface area contributed by atoms with Crippen LogP contribution in [0.2, 0.25) is 0 Å². The van der Waals surface area contributed by atoms with Crippen molar-refractivity contribution in [3.05, 3.63) is 29.3 Å². The van der Waals surface area contributed by atoms with E-state index in [0.717, 1.165) is 24.2 Å². The van der Waals surface area contributed by atoms with Crippen LogP contribution in [0.5, 0.6) is 0 Å². The third kappa shape index (κ3) is 1.98. The molecule has 90 valence electrons. The van der Waals surface area contributed by atoms with Crippen LogP contribution in [0.4, 0.5) is 0 Å². The molecule has 0 spiro atoms. The number of nitrogens with zero attached hydrogens (tertiary/aromatic N) is 1. The number of para-hydroxylation sites is 1. The quantitative estimate of drug-likeness (QED) is 0.656. The first kappa shape index (κ1) is 11.8. The molecule has 2 aromatic rings. The number of ether oxygens (including phenoxy) is 1. The topological polar surface area (TPSA) is 34.2 Å². The van der Waals surface area contributed by atoms with Crippen molar-refractivity contribution in [2.75, 3.05) is 19.7 Å². The van der Waals surface area contributed by atoms with E-state index in [-0.39, 0.29) is 0 Å². The lowest BCUT2D eigenvalue weighted by molar-refractivity contribution is 0.00105. The van der Waals surface area contributed by atoms with E-state index in [4.69, 9.17) is 4.74 Å². The highest BCUT2D eigenvalue weighted by atomic mass is 33.1. The van der Waals surface area contributed by atoms with Gasteiger partial charge in [-0.1, -0.05) is 22.9 Å². The van der Waals surface area contributed by atoms with Crippen LogP contribution in [0.3, 0.4) is 0 Å². The van der Waals surface area contributed by atoms with Crippen LogP contribution >= 0.6 is 33.8 Å². The fourth-order valence-electron chi connectivity index (χ4n) is 2.07. The maximum atomic E-state index is 5.97. The summed E-state index contributed by atoms with van der Waals surface area (Å²) in [6.07, 6.45) is 0. The van der Waals surface area contributed by atoms with Gasteiger partial charge in [-0.15, -0.1) is 23.0 Å². The summed E-state index contributed by atoms with van der Waals surface area (Å²) in [5.41, 5.74) is 4.02. The summed E-state index contributed by atoms with van der Waals surface area (Å²) in [4.78, 5) is 4.03. The summed E-state index contributed by atoms with van der Waals surface area (Å²) < 4.78 is 7.16. The standard InChI is InChI=1S/C11H12N2OS3/c15-17-11(6-12-4-5-14-11)8-2-1-3-9-10(8)13-7-16-9/h1-3,7,12,15H,4-6H2. The fraction of sp³-hybridized carbons (Fsp3) is 0.364. The van der Waals surface area contributed by atoms with Gasteiger partial charge in [-0.25, -0.2) is 4.98 Å². The molecule has 1 fully saturated rings. The molecule has 17 heavy (non-hydrogen) atoms. The number of morpholine rings is 1. The van der Waals surface area contributed by atoms with Crippen LogP contribution in [0.25, 0.3) is 10.2 Å². The largest absolute Gasteiger partial charge is 0.356 e. The van der Waals surface area contributed by atoms with Gasteiger partial charge in [-0.05, 0) is 6.07 Å². The van der Waals surface area contributed by atoms with Gasteiger partial charge in [-0.2, -0.15) is 0 Å². The van der Waals surface area contributed by atoms with E-state index in [1.165, 1.54) is 15.5 Å². The lowest BCUT2D eigenvalue weighted by Gasteiger charge is -2.36. The second-order valence-electron chi connectivity index (χ2n) is 3.87. The van der Waals surface area contributed by atoms with Crippen molar-refractivity contribution in [1.29, 1.82) is 0 Å². The predicted molar refractivity (Wildman–Crippen MR) is 76.7 cm³/mol. The number of nitrogens with one attached hydrogen (secondary N) is 1. The smallest absolute Gasteiger partial charge is 0.163 e. The first-order valence-electron chi connectivity index (χ1n) is 5.36. The first-order valence-corrected chi connectivity index (χ1v) is 8.10. The Bertz CT molecular complexity index is 522. The highest BCUT2D eigenvalue weighted by Gasteiger charge is 2.37. The Balaban J connectivity index is 2.14. The van der Waals surface area contributed by atoms with Crippen molar-refractivity contribution in [3.8, 4) is 0 Å². The SMILES string of the molecule is SSC1(c2cccc3scnc23)CNCCO1. The van der Waals surface area contributed by atoms with Crippen LogP contribution in [-0.2, 0) is 9.67 Å². The molecule has 1 aromatic heterocycles. The van der Waals surface area contributed by atoms with Crippen LogP contribution in [-0.4, -0.2) is 24.7 Å². The molecular weight excluding hydrogens is 272 g/mol. The molecule has 3 rings (SSSR count).